The number of nitrogens with zero attached hydrogens (tertiary/aromatic N) is 3. The van der Waals surface area contributed by atoms with Crippen molar-refractivity contribution in [2.75, 3.05) is 17.7 Å². The van der Waals surface area contributed by atoms with E-state index in [1.807, 2.05) is 25.1 Å². The first kappa shape index (κ1) is 17.9. The van der Waals surface area contributed by atoms with Gasteiger partial charge in [-0.05, 0) is 49.6 Å². The number of halogens is 1. The van der Waals surface area contributed by atoms with E-state index in [1.54, 1.807) is 19.4 Å². The Morgan fingerprint density at radius 3 is 2.58 bits per heavy atom. The Kier molecular flexibility index (Phi) is 5.23. The van der Waals surface area contributed by atoms with Gasteiger partial charge in [0.2, 0.25) is 5.95 Å². The Morgan fingerprint density at radius 2 is 1.81 bits per heavy atom. The maximum absolute atomic E-state index is 6.15. The number of benzene rings is 2. The molecule has 6 nitrogen and oxygen atoms in total. The van der Waals surface area contributed by atoms with Crippen LogP contribution in [0, 0.1) is 20.8 Å². The average Bonchev–Trinajstić information content (AvgIpc) is 2.62. The lowest BCUT2D eigenvalue weighted by atomic mass is 10.1. The summed E-state index contributed by atoms with van der Waals surface area (Å²) in [5, 5.41) is 15.1. The molecule has 0 bridgehead atoms. The van der Waals surface area contributed by atoms with Gasteiger partial charge in [-0.25, -0.2) is 0 Å². The Hall–Kier alpha value is -2.86. The molecule has 3 aromatic rings. The summed E-state index contributed by atoms with van der Waals surface area (Å²) in [5.41, 5.74) is 4.98. The third kappa shape index (κ3) is 3.86. The lowest BCUT2D eigenvalue weighted by Crippen LogP contribution is -2.04. The Labute approximate surface area is 157 Å². The summed E-state index contributed by atoms with van der Waals surface area (Å²) in [4.78, 5) is 4.48. The molecule has 1 heterocycles. The summed E-state index contributed by atoms with van der Waals surface area (Å²) in [6.07, 6.45) is 1.55. The zero-order valence-corrected chi connectivity index (χ0v) is 15.8. The number of aryl methyl sites for hydroxylation is 2. The molecule has 2 N–H and O–H groups in total. The predicted molar refractivity (Wildman–Crippen MR) is 105 cm³/mol. The van der Waals surface area contributed by atoms with Crippen molar-refractivity contribution in [3.05, 3.63) is 58.2 Å². The number of methoxy groups -OCH3 is 1. The van der Waals surface area contributed by atoms with Gasteiger partial charge in [-0.2, -0.15) is 10.1 Å². The maximum Gasteiger partial charge on any atom is 0.249 e. The van der Waals surface area contributed by atoms with Gasteiger partial charge in [-0.15, -0.1) is 5.10 Å². The molecular weight excluding hydrogens is 350 g/mol. The van der Waals surface area contributed by atoms with Crippen molar-refractivity contribution in [2.24, 2.45) is 0 Å². The first-order valence-electron chi connectivity index (χ1n) is 8.12. The van der Waals surface area contributed by atoms with Crippen LogP contribution in [0.1, 0.15) is 16.7 Å². The molecule has 1 aromatic heterocycles. The molecule has 0 fully saturated rings. The molecular formula is C19H20ClN5O. The second kappa shape index (κ2) is 7.58. The summed E-state index contributed by atoms with van der Waals surface area (Å²) in [5.74, 6) is 1.59. The molecule has 0 spiro atoms. The second-order valence-electron chi connectivity index (χ2n) is 5.96. The molecule has 26 heavy (non-hydrogen) atoms. The standard InChI is InChI=1S/C19H20ClN5O/c1-11-6-5-7-15(13(11)3)23-19-24-18(10-21-25-19)22-16-8-12(2)14(20)9-17(16)26-4/h5-10H,1-4H3,(H2,22,23,24,25). The summed E-state index contributed by atoms with van der Waals surface area (Å²) < 4.78 is 5.38. The fraction of sp³-hybridized carbons (Fsp3) is 0.211. The van der Waals surface area contributed by atoms with Crippen molar-refractivity contribution < 1.29 is 4.74 Å². The van der Waals surface area contributed by atoms with E-state index in [1.165, 1.54) is 5.56 Å². The van der Waals surface area contributed by atoms with Gasteiger partial charge in [0.1, 0.15) is 5.75 Å². The highest BCUT2D eigenvalue weighted by molar-refractivity contribution is 6.31. The molecule has 0 unspecified atom stereocenters. The van der Waals surface area contributed by atoms with Crippen LogP contribution in [0.3, 0.4) is 0 Å². The van der Waals surface area contributed by atoms with E-state index in [9.17, 15) is 0 Å². The topological polar surface area (TPSA) is 72.0 Å². The molecule has 0 aliphatic rings. The van der Waals surface area contributed by atoms with Crippen LogP contribution < -0.4 is 15.4 Å². The quantitative estimate of drug-likeness (QED) is 0.663. The zero-order valence-electron chi connectivity index (χ0n) is 15.1. The number of hydrogen-bond donors (Lipinski definition) is 2. The molecule has 0 aliphatic carbocycles. The molecule has 0 radical (unpaired) electrons. The molecule has 2 aromatic carbocycles. The Morgan fingerprint density at radius 1 is 1.00 bits per heavy atom. The van der Waals surface area contributed by atoms with Crippen molar-refractivity contribution in [2.45, 2.75) is 20.8 Å². The number of hydrogen-bond acceptors (Lipinski definition) is 6. The normalized spacial score (nSPS) is 10.5. The first-order valence-corrected chi connectivity index (χ1v) is 8.50. The van der Waals surface area contributed by atoms with Gasteiger partial charge in [0.05, 0.1) is 19.0 Å². The van der Waals surface area contributed by atoms with Gasteiger partial charge in [0.15, 0.2) is 5.82 Å². The van der Waals surface area contributed by atoms with Gasteiger partial charge in [0, 0.05) is 16.8 Å². The van der Waals surface area contributed by atoms with E-state index in [2.05, 4.69) is 45.7 Å². The van der Waals surface area contributed by atoms with Crippen LogP contribution in [0.25, 0.3) is 0 Å². The van der Waals surface area contributed by atoms with Crippen molar-refractivity contribution in [1.29, 1.82) is 0 Å². The SMILES string of the molecule is COc1cc(Cl)c(C)cc1Nc1cnnc(Nc2cccc(C)c2C)n1. The number of anilines is 4. The monoisotopic (exact) mass is 369 g/mol. The first-order chi connectivity index (χ1) is 12.5. The smallest absolute Gasteiger partial charge is 0.249 e. The van der Waals surface area contributed by atoms with Gasteiger partial charge >= 0.3 is 0 Å². The van der Waals surface area contributed by atoms with Crippen molar-refractivity contribution in [3.8, 4) is 5.75 Å². The summed E-state index contributed by atoms with van der Waals surface area (Å²) >= 11 is 6.15. The molecule has 0 saturated heterocycles. The fourth-order valence-electron chi connectivity index (χ4n) is 2.49. The zero-order chi connectivity index (χ0) is 18.7. The highest BCUT2D eigenvalue weighted by atomic mass is 35.5. The van der Waals surface area contributed by atoms with E-state index < -0.39 is 0 Å². The third-order valence-electron chi connectivity index (χ3n) is 4.15. The lowest BCUT2D eigenvalue weighted by Gasteiger charge is -2.13. The van der Waals surface area contributed by atoms with E-state index in [0.29, 0.717) is 22.5 Å². The predicted octanol–water partition coefficient (Wildman–Crippen LogP) is 4.95. The van der Waals surface area contributed by atoms with Crippen LogP contribution in [0.15, 0.2) is 36.5 Å². The van der Waals surface area contributed by atoms with Gasteiger partial charge in [-0.3, -0.25) is 0 Å². The van der Waals surface area contributed by atoms with Crippen LogP contribution in [0.5, 0.6) is 5.75 Å². The number of aromatic nitrogens is 3. The molecule has 0 aliphatic heterocycles. The van der Waals surface area contributed by atoms with E-state index in [4.69, 9.17) is 16.3 Å². The Bertz CT molecular complexity index is 945. The number of nitrogens with one attached hydrogen (secondary N) is 2. The molecule has 3 rings (SSSR count). The molecule has 0 atom stereocenters. The van der Waals surface area contributed by atoms with E-state index in [-0.39, 0.29) is 0 Å². The largest absolute Gasteiger partial charge is 0.495 e. The van der Waals surface area contributed by atoms with Gasteiger partial charge in [-0.1, -0.05) is 23.7 Å². The van der Waals surface area contributed by atoms with Crippen LogP contribution in [-0.4, -0.2) is 22.3 Å². The minimum Gasteiger partial charge on any atom is -0.495 e. The lowest BCUT2D eigenvalue weighted by molar-refractivity contribution is 0.416. The summed E-state index contributed by atoms with van der Waals surface area (Å²) in [6, 6.07) is 9.70. The van der Waals surface area contributed by atoms with Gasteiger partial charge < -0.3 is 15.4 Å². The minimum atomic E-state index is 0.411. The average molecular weight is 370 g/mol. The highest BCUT2D eigenvalue weighted by Gasteiger charge is 2.10. The minimum absolute atomic E-state index is 0.411. The highest BCUT2D eigenvalue weighted by Crippen LogP contribution is 2.32. The second-order valence-corrected chi connectivity index (χ2v) is 6.37. The third-order valence-corrected chi connectivity index (χ3v) is 4.56. The van der Waals surface area contributed by atoms with Crippen molar-refractivity contribution in [3.63, 3.8) is 0 Å². The maximum atomic E-state index is 6.15. The molecule has 0 saturated carbocycles. The van der Waals surface area contributed by atoms with E-state index >= 15 is 0 Å². The van der Waals surface area contributed by atoms with E-state index in [0.717, 1.165) is 22.5 Å². The van der Waals surface area contributed by atoms with Crippen LogP contribution >= 0.6 is 11.6 Å². The number of ether oxygens (including phenoxy) is 1. The summed E-state index contributed by atoms with van der Waals surface area (Å²) in [7, 11) is 1.60. The van der Waals surface area contributed by atoms with Crippen LogP contribution in [0.4, 0.5) is 23.1 Å². The summed E-state index contributed by atoms with van der Waals surface area (Å²) in [6.45, 7) is 6.04. The number of rotatable bonds is 5. The van der Waals surface area contributed by atoms with Crippen LogP contribution in [0.2, 0.25) is 5.02 Å². The van der Waals surface area contributed by atoms with Crippen molar-refractivity contribution >= 4 is 34.7 Å². The molecule has 7 heteroatoms. The Balaban J connectivity index is 1.86. The fourth-order valence-corrected chi connectivity index (χ4v) is 2.65. The molecule has 0 amide bonds. The molecule has 134 valence electrons. The van der Waals surface area contributed by atoms with Crippen molar-refractivity contribution in [1.82, 2.24) is 15.2 Å². The van der Waals surface area contributed by atoms with Crippen LogP contribution in [-0.2, 0) is 0 Å². The van der Waals surface area contributed by atoms with Gasteiger partial charge in [0.25, 0.3) is 0 Å².